The molecule has 4 nitrogen and oxygen atoms in total. The lowest BCUT2D eigenvalue weighted by molar-refractivity contribution is -0.0820. The normalized spacial score (nSPS) is 20.4. The van der Waals surface area contributed by atoms with Crippen molar-refractivity contribution in [3.8, 4) is 0 Å². The van der Waals surface area contributed by atoms with Crippen molar-refractivity contribution < 1.29 is 4.74 Å². The highest BCUT2D eigenvalue weighted by Gasteiger charge is 2.38. The number of aromatic nitrogens is 2. The summed E-state index contributed by atoms with van der Waals surface area (Å²) in [5.74, 6) is 0. The zero-order chi connectivity index (χ0) is 13.9. The molecular weight excluding hydrogens is 238 g/mol. The molecule has 0 bridgehead atoms. The van der Waals surface area contributed by atoms with Gasteiger partial charge in [-0.3, -0.25) is 4.68 Å². The second-order valence-corrected chi connectivity index (χ2v) is 5.77. The van der Waals surface area contributed by atoms with E-state index in [1.54, 1.807) is 0 Å². The van der Waals surface area contributed by atoms with Crippen molar-refractivity contribution in [3.63, 3.8) is 0 Å². The third-order valence-corrected chi connectivity index (χ3v) is 4.34. The van der Waals surface area contributed by atoms with Gasteiger partial charge in [0, 0.05) is 31.8 Å². The van der Waals surface area contributed by atoms with Crippen molar-refractivity contribution in [2.75, 3.05) is 6.61 Å². The molecule has 0 radical (unpaired) electrons. The SMILES string of the molecule is CCOC1(C(N)Cc2cc(C)nn2C)CCCCC1. The van der Waals surface area contributed by atoms with Crippen molar-refractivity contribution in [2.24, 2.45) is 12.8 Å². The molecule has 4 heteroatoms. The first-order chi connectivity index (χ1) is 9.07. The average molecular weight is 265 g/mol. The summed E-state index contributed by atoms with van der Waals surface area (Å²) in [7, 11) is 1.99. The Bertz CT molecular complexity index is 402. The minimum atomic E-state index is -0.120. The zero-order valence-corrected chi connectivity index (χ0v) is 12.5. The fraction of sp³-hybridized carbons (Fsp3) is 0.800. The van der Waals surface area contributed by atoms with Crippen LogP contribution < -0.4 is 5.73 Å². The van der Waals surface area contributed by atoms with Crippen molar-refractivity contribution in [1.82, 2.24) is 9.78 Å². The van der Waals surface area contributed by atoms with Crippen molar-refractivity contribution in [3.05, 3.63) is 17.5 Å². The van der Waals surface area contributed by atoms with Crippen molar-refractivity contribution in [2.45, 2.75) is 64.0 Å². The molecule has 1 saturated carbocycles. The van der Waals surface area contributed by atoms with Gasteiger partial charge in [-0.15, -0.1) is 0 Å². The lowest BCUT2D eigenvalue weighted by Gasteiger charge is -2.41. The summed E-state index contributed by atoms with van der Waals surface area (Å²) in [6.45, 7) is 4.84. The lowest BCUT2D eigenvalue weighted by Crippen LogP contribution is -2.52. The third-order valence-electron chi connectivity index (χ3n) is 4.34. The van der Waals surface area contributed by atoms with Gasteiger partial charge in [-0.05, 0) is 32.8 Å². The standard InChI is InChI=1S/C15H27N3O/c1-4-19-15(8-6-5-7-9-15)14(16)11-13-10-12(2)17-18(13)3/h10,14H,4-9,11,16H2,1-3H3. The topological polar surface area (TPSA) is 53.1 Å². The maximum Gasteiger partial charge on any atom is 0.0836 e. The molecule has 1 heterocycles. The summed E-state index contributed by atoms with van der Waals surface area (Å²) in [6.07, 6.45) is 6.82. The van der Waals surface area contributed by atoms with Gasteiger partial charge in [0.2, 0.25) is 0 Å². The molecule has 1 aromatic rings. The minimum Gasteiger partial charge on any atom is -0.374 e. The van der Waals surface area contributed by atoms with Crippen LogP contribution in [0.25, 0.3) is 0 Å². The molecular formula is C15H27N3O. The molecule has 1 fully saturated rings. The van der Waals surface area contributed by atoms with Crippen LogP contribution >= 0.6 is 0 Å². The van der Waals surface area contributed by atoms with Crippen LogP contribution in [0.2, 0.25) is 0 Å². The molecule has 0 aromatic carbocycles. The fourth-order valence-corrected chi connectivity index (χ4v) is 3.33. The minimum absolute atomic E-state index is 0.0579. The summed E-state index contributed by atoms with van der Waals surface area (Å²) < 4.78 is 8.04. The van der Waals surface area contributed by atoms with E-state index in [1.807, 2.05) is 18.7 Å². The van der Waals surface area contributed by atoms with Gasteiger partial charge in [-0.25, -0.2) is 0 Å². The quantitative estimate of drug-likeness (QED) is 0.889. The Labute approximate surface area is 116 Å². The van der Waals surface area contributed by atoms with E-state index >= 15 is 0 Å². The van der Waals surface area contributed by atoms with Gasteiger partial charge in [0.25, 0.3) is 0 Å². The Balaban J connectivity index is 2.11. The number of aryl methyl sites for hydroxylation is 2. The molecule has 1 aliphatic rings. The van der Waals surface area contributed by atoms with E-state index in [-0.39, 0.29) is 11.6 Å². The monoisotopic (exact) mass is 265 g/mol. The van der Waals surface area contributed by atoms with Gasteiger partial charge in [-0.1, -0.05) is 19.3 Å². The lowest BCUT2D eigenvalue weighted by atomic mass is 9.78. The Morgan fingerprint density at radius 1 is 1.42 bits per heavy atom. The first kappa shape index (κ1) is 14.5. The van der Waals surface area contributed by atoms with E-state index in [2.05, 4.69) is 18.1 Å². The fourth-order valence-electron chi connectivity index (χ4n) is 3.33. The Hall–Kier alpha value is -0.870. The summed E-state index contributed by atoms with van der Waals surface area (Å²) >= 11 is 0. The van der Waals surface area contributed by atoms with Crippen LogP contribution in [0.3, 0.4) is 0 Å². The number of nitrogens with two attached hydrogens (primary N) is 1. The van der Waals surface area contributed by atoms with Crippen LogP contribution in [-0.2, 0) is 18.2 Å². The van der Waals surface area contributed by atoms with Gasteiger partial charge in [0.05, 0.1) is 11.3 Å². The van der Waals surface area contributed by atoms with Crippen LogP contribution in [0.5, 0.6) is 0 Å². The summed E-state index contributed by atoms with van der Waals surface area (Å²) in [6, 6.07) is 2.19. The first-order valence-corrected chi connectivity index (χ1v) is 7.46. The predicted octanol–water partition coefficient (Wildman–Crippen LogP) is 2.34. The highest BCUT2D eigenvalue weighted by molar-refractivity contribution is 5.12. The van der Waals surface area contributed by atoms with Gasteiger partial charge < -0.3 is 10.5 Å². The average Bonchev–Trinajstić information content (AvgIpc) is 2.69. The van der Waals surface area contributed by atoms with E-state index in [0.717, 1.165) is 31.6 Å². The number of nitrogens with zero attached hydrogens (tertiary/aromatic N) is 2. The molecule has 0 spiro atoms. The largest absolute Gasteiger partial charge is 0.374 e. The van der Waals surface area contributed by atoms with E-state index in [4.69, 9.17) is 10.5 Å². The number of hydrogen-bond acceptors (Lipinski definition) is 3. The van der Waals surface area contributed by atoms with E-state index < -0.39 is 0 Å². The number of ether oxygens (including phenoxy) is 1. The van der Waals surface area contributed by atoms with Gasteiger partial charge in [0.1, 0.15) is 0 Å². The Morgan fingerprint density at radius 3 is 2.63 bits per heavy atom. The molecule has 2 N–H and O–H groups in total. The molecule has 2 rings (SSSR count). The molecule has 1 aromatic heterocycles. The van der Waals surface area contributed by atoms with Crippen LogP contribution in [0.1, 0.15) is 50.4 Å². The Morgan fingerprint density at radius 2 is 2.11 bits per heavy atom. The molecule has 19 heavy (non-hydrogen) atoms. The molecule has 0 aliphatic heterocycles. The smallest absolute Gasteiger partial charge is 0.0836 e. The van der Waals surface area contributed by atoms with Gasteiger partial charge >= 0.3 is 0 Å². The second kappa shape index (κ2) is 6.06. The van der Waals surface area contributed by atoms with Gasteiger partial charge in [-0.2, -0.15) is 5.10 Å². The maximum absolute atomic E-state index is 6.51. The molecule has 1 aliphatic carbocycles. The van der Waals surface area contributed by atoms with Crippen LogP contribution in [0.15, 0.2) is 6.07 Å². The van der Waals surface area contributed by atoms with Gasteiger partial charge in [0.15, 0.2) is 0 Å². The number of rotatable bonds is 5. The molecule has 0 saturated heterocycles. The van der Waals surface area contributed by atoms with E-state index in [0.29, 0.717) is 0 Å². The van der Waals surface area contributed by atoms with Crippen molar-refractivity contribution in [1.29, 1.82) is 0 Å². The van der Waals surface area contributed by atoms with Crippen LogP contribution in [0, 0.1) is 6.92 Å². The summed E-state index contributed by atoms with van der Waals surface area (Å²) in [5.41, 5.74) is 8.65. The molecule has 0 amide bonds. The summed E-state index contributed by atoms with van der Waals surface area (Å²) in [4.78, 5) is 0. The third kappa shape index (κ3) is 3.18. The molecule has 1 unspecified atom stereocenters. The summed E-state index contributed by atoms with van der Waals surface area (Å²) in [5, 5.41) is 4.40. The second-order valence-electron chi connectivity index (χ2n) is 5.77. The van der Waals surface area contributed by atoms with Crippen LogP contribution in [-0.4, -0.2) is 28.0 Å². The van der Waals surface area contributed by atoms with Crippen LogP contribution in [0.4, 0.5) is 0 Å². The Kier molecular flexibility index (Phi) is 4.63. The zero-order valence-electron chi connectivity index (χ0n) is 12.5. The first-order valence-electron chi connectivity index (χ1n) is 7.46. The van der Waals surface area contributed by atoms with E-state index in [9.17, 15) is 0 Å². The maximum atomic E-state index is 6.51. The number of hydrogen-bond donors (Lipinski definition) is 1. The highest BCUT2D eigenvalue weighted by Crippen LogP contribution is 2.35. The van der Waals surface area contributed by atoms with E-state index in [1.165, 1.54) is 25.0 Å². The molecule has 108 valence electrons. The predicted molar refractivity (Wildman–Crippen MR) is 77.1 cm³/mol. The van der Waals surface area contributed by atoms with Crippen molar-refractivity contribution >= 4 is 0 Å². The highest BCUT2D eigenvalue weighted by atomic mass is 16.5. The molecule has 1 atom stereocenters.